The highest BCUT2D eigenvalue weighted by Gasteiger charge is 2.13. The number of hydrogen-bond acceptors (Lipinski definition) is 3. The molecule has 88 valence electrons. The predicted molar refractivity (Wildman–Crippen MR) is 62.9 cm³/mol. The highest BCUT2D eigenvalue weighted by atomic mass is 32.1. The Balaban J connectivity index is 2.46. The lowest BCUT2D eigenvalue weighted by Crippen LogP contribution is -2.33. The Morgan fingerprint density at radius 3 is 2.69 bits per heavy atom. The van der Waals surface area contributed by atoms with Gasteiger partial charge in [0.25, 0.3) is 5.91 Å². The number of carboxylic acids is 1. The Labute approximate surface area is 98.3 Å². The smallest absolute Gasteiger partial charge is 0.303 e. The molecule has 0 radical (unpaired) electrons. The maximum Gasteiger partial charge on any atom is 0.303 e. The highest BCUT2D eigenvalue weighted by Crippen LogP contribution is 2.13. The standard InChI is InChI=1S/C11H15NO3S/c1-7-5-16-6-9(7)11(15)12-8(2)3-4-10(13)14/h5-6,8H,3-4H2,1-2H3,(H,12,15)(H,13,14). The number of hydrogen-bond donors (Lipinski definition) is 2. The van der Waals surface area contributed by atoms with E-state index in [1.807, 2.05) is 19.2 Å². The van der Waals surface area contributed by atoms with E-state index in [0.717, 1.165) is 5.56 Å². The molecule has 0 aliphatic rings. The van der Waals surface area contributed by atoms with Gasteiger partial charge in [-0.3, -0.25) is 9.59 Å². The molecule has 1 unspecified atom stereocenters. The normalized spacial score (nSPS) is 12.1. The van der Waals surface area contributed by atoms with Crippen molar-refractivity contribution >= 4 is 23.2 Å². The van der Waals surface area contributed by atoms with E-state index >= 15 is 0 Å². The van der Waals surface area contributed by atoms with Crippen LogP contribution in [0.5, 0.6) is 0 Å². The Kier molecular flexibility index (Phi) is 4.49. The molecular weight excluding hydrogens is 226 g/mol. The topological polar surface area (TPSA) is 66.4 Å². The summed E-state index contributed by atoms with van der Waals surface area (Å²) in [4.78, 5) is 22.1. The van der Waals surface area contributed by atoms with Crippen molar-refractivity contribution in [2.75, 3.05) is 0 Å². The van der Waals surface area contributed by atoms with Crippen molar-refractivity contribution in [2.45, 2.75) is 32.7 Å². The van der Waals surface area contributed by atoms with E-state index in [2.05, 4.69) is 5.32 Å². The molecule has 0 bridgehead atoms. The first kappa shape index (κ1) is 12.7. The first-order valence-corrected chi connectivity index (χ1v) is 6.00. The van der Waals surface area contributed by atoms with Gasteiger partial charge < -0.3 is 10.4 Å². The number of nitrogens with one attached hydrogen (secondary N) is 1. The van der Waals surface area contributed by atoms with Gasteiger partial charge in [-0.1, -0.05) is 0 Å². The zero-order chi connectivity index (χ0) is 12.1. The number of amides is 1. The fraction of sp³-hybridized carbons (Fsp3) is 0.455. The van der Waals surface area contributed by atoms with Gasteiger partial charge in [-0.2, -0.15) is 11.3 Å². The SMILES string of the molecule is Cc1cscc1C(=O)NC(C)CCC(=O)O. The molecule has 5 heteroatoms. The van der Waals surface area contributed by atoms with Gasteiger partial charge in [0.2, 0.25) is 0 Å². The third-order valence-electron chi connectivity index (χ3n) is 2.27. The summed E-state index contributed by atoms with van der Waals surface area (Å²) < 4.78 is 0. The number of aryl methyl sites for hydroxylation is 1. The fourth-order valence-electron chi connectivity index (χ4n) is 1.31. The molecule has 0 aliphatic carbocycles. The van der Waals surface area contributed by atoms with Gasteiger partial charge in [0.15, 0.2) is 0 Å². The summed E-state index contributed by atoms with van der Waals surface area (Å²) in [6.07, 6.45) is 0.522. The molecule has 0 fully saturated rings. The third-order valence-corrected chi connectivity index (χ3v) is 3.13. The summed E-state index contributed by atoms with van der Waals surface area (Å²) in [7, 11) is 0. The van der Waals surface area contributed by atoms with Gasteiger partial charge in [0.05, 0.1) is 5.56 Å². The molecule has 1 amide bonds. The molecule has 16 heavy (non-hydrogen) atoms. The lowest BCUT2D eigenvalue weighted by atomic mass is 10.1. The quantitative estimate of drug-likeness (QED) is 0.829. The predicted octanol–water partition coefficient (Wildman–Crippen LogP) is 2.04. The van der Waals surface area contributed by atoms with Crippen LogP contribution in [-0.4, -0.2) is 23.0 Å². The van der Waals surface area contributed by atoms with Gasteiger partial charge in [-0.05, 0) is 31.2 Å². The van der Waals surface area contributed by atoms with Crippen LogP contribution in [0.3, 0.4) is 0 Å². The number of carbonyl (C=O) groups is 2. The molecule has 1 rings (SSSR count). The van der Waals surface area contributed by atoms with Crippen molar-refractivity contribution in [1.82, 2.24) is 5.32 Å². The zero-order valence-electron chi connectivity index (χ0n) is 9.32. The maximum absolute atomic E-state index is 11.7. The number of thiophene rings is 1. The number of carbonyl (C=O) groups excluding carboxylic acids is 1. The van der Waals surface area contributed by atoms with Crippen molar-refractivity contribution < 1.29 is 14.7 Å². The molecule has 2 N–H and O–H groups in total. The lowest BCUT2D eigenvalue weighted by molar-refractivity contribution is -0.137. The molecule has 1 heterocycles. The second-order valence-corrected chi connectivity index (χ2v) is 4.52. The van der Waals surface area contributed by atoms with E-state index in [1.165, 1.54) is 11.3 Å². The molecule has 0 aliphatic heterocycles. The van der Waals surface area contributed by atoms with Crippen LogP contribution >= 0.6 is 11.3 Å². The fourth-order valence-corrected chi connectivity index (χ4v) is 2.13. The Morgan fingerprint density at radius 2 is 2.19 bits per heavy atom. The molecule has 1 aromatic rings. The largest absolute Gasteiger partial charge is 0.481 e. The van der Waals surface area contributed by atoms with Crippen LogP contribution in [0, 0.1) is 6.92 Å². The second kappa shape index (κ2) is 5.65. The van der Waals surface area contributed by atoms with Crippen LogP contribution in [0.15, 0.2) is 10.8 Å². The van der Waals surface area contributed by atoms with Gasteiger partial charge in [-0.15, -0.1) is 0 Å². The first-order chi connectivity index (χ1) is 7.50. The monoisotopic (exact) mass is 241 g/mol. The van der Waals surface area contributed by atoms with E-state index in [9.17, 15) is 9.59 Å². The van der Waals surface area contributed by atoms with Crippen LogP contribution in [-0.2, 0) is 4.79 Å². The molecular formula is C11H15NO3S. The summed E-state index contributed by atoms with van der Waals surface area (Å²) in [5.41, 5.74) is 1.63. The third kappa shape index (κ3) is 3.66. The Morgan fingerprint density at radius 1 is 1.50 bits per heavy atom. The molecule has 0 saturated heterocycles. The minimum Gasteiger partial charge on any atom is -0.481 e. The summed E-state index contributed by atoms with van der Waals surface area (Å²) in [6, 6.07) is -0.122. The van der Waals surface area contributed by atoms with Crippen LogP contribution in [0.2, 0.25) is 0 Å². The molecule has 0 spiro atoms. The Hall–Kier alpha value is -1.36. The van der Waals surface area contributed by atoms with Gasteiger partial charge in [0, 0.05) is 17.8 Å². The van der Waals surface area contributed by atoms with Crippen LogP contribution < -0.4 is 5.32 Å². The van der Waals surface area contributed by atoms with Gasteiger partial charge in [0.1, 0.15) is 0 Å². The van der Waals surface area contributed by atoms with Crippen LogP contribution in [0.1, 0.15) is 35.7 Å². The van der Waals surface area contributed by atoms with Crippen LogP contribution in [0.25, 0.3) is 0 Å². The Bertz CT molecular complexity index is 386. The van der Waals surface area contributed by atoms with E-state index < -0.39 is 5.97 Å². The second-order valence-electron chi connectivity index (χ2n) is 3.78. The number of rotatable bonds is 5. The number of aliphatic carboxylic acids is 1. The highest BCUT2D eigenvalue weighted by molar-refractivity contribution is 7.08. The summed E-state index contributed by atoms with van der Waals surface area (Å²) in [5, 5.41) is 15.0. The van der Waals surface area contributed by atoms with Crippen molar-refractivity contribution in [3.63, 3.8) is 0 Å². The van der Waals surface area contributed by atoms with E-state index in [-0.39, 0.29) is 18.4 Å². The van der Waals surface area contributed by atoms with Crippen molar-refractivity contribution in [3.8, 4) is 0 Å². The molecule has 1 aromatic heterocycles. The van der Waals surface area contributed by atoms with Crippen molar-refractivity contribution in [1.29, 1.82) is 0 Å². The molecule has 4 nitrogen and oxygen atoms in total. The zero-order valence-corrected chi connectivity index (χ0v) is 10.1. The minimum absolute atomic E-state index is 0.0735. The molecule has 0 aromatic carbocycles. The van der Waals surface area contributed by atoms with E-state index in [0.29, 0.717) is 12.0 Å². The molecule has 0 saturated carbocycles. The van der Waals surface area contributed by atoms with E-state index in [1.54, 1.807) is 5.38 Å². The van der Waals surface area contributed by atoms with Crippen LogP contribution in [0.4, 0.5) is 0 Å². The van der Waals surface area contributed by atoms with Crippen molar-refractivity contribution in [2.24, 2.45) is 0 Å². The average molecular weight is 241 g/mol. The van der Waals surface area contributed by atoms with Crippen molar-refractivity contribution in [3.05, 3.63) is 21.9 Å². The summed E-state index contributed by atoms with van der Waals surface area (Å²) in [5.74, 6) is -0.968. The molecule has 1 atom stereocenters. The summed E-state index contributed by atoms with van der Waals surface area (Å²) >= 11 is 1.48. The minimum atomic E-state index is -0.840. The lowest BCUT2D eigenvalue weighted by Gasteiger charge is -2.12. The van der Waals surface area contributed by atoms with Gasteiger partial charge in [-0.25, -0.2) is 0 Å². The van der Waals surface area contributed by atoms with Gasteiger partial charge >= 0.3 is 5.97 Å². The summed E-state index contributed by atoms with van der Waals surface area (Å²) in [6.45, 7) is 3.69. The first-order valence-electron chi connectivity index (χ1n) is 5.06. The number of carboxylic acid groups (broad SMARTS) is 1. The maximum atomic E-state index is 11.7. The average Bonchev–Trinajstić information content (AvgIpc) is 2.61. The van der Waals surface area contributed by atoms with E-state index in [4.69, 9.17) is 5.11 Å².